The van der Waals surface area contributed by atoms with E-state index in [4.69, 9.17) is 22.2 Å². The van der Waals surface area contributed by atoms with Gasteiger partial charge in [0.25, 0.3) is 0 Å². The van der Waals surface area contributed by atoms with Crippen molar-refractivity contribution in [2.75, 3.05) is 0 Å². The Bertz CT molecular complexity index is 422. The standard InChI is InChI=1S/C13H17ClN2O/c1-4-12(9(2)3)17-16-13(15)10-5-7-11(14)8-6-10/h4-9H,1-3H3,(H2,15,16)/b12-4-. The molecule has 0 radical (unpaired) electrons. The first-order valence-corrected chi connectivity index (χ1v) is 5.85. The Kier molecular flexibility index (Phi) is 5.04. The molecular weight excluding hydrogens is 236 g/mol. The third-order valence-electron chi connectivity index (χ3n) is 2.24. The molecule has 0 atom stereocenters. The van der Waals surface area contributed by atoms with E-state index < -0.39 is 0 Å². The predicted molar refractivity (Wildman–Crippen MR) is 71.9 cm³/mol. The molecule has 17 heavy (non-hydrogen) atoms. The van der Waals surface area contributed by atoms with Gasteiger partial charge in [-0.15, -0.1) is 0 Å². The lowest BCUT2D eigenvalue weighted by molar-refractivity contribution is 0.197. The molecule has 3 nitrogen and oxygen atoms in total. The molecule has 0 fully saturated rings. The lowest BCUT2D eigenvalue weighted by Gasteiger charge is -2.08. The predicted octanol–water partition coefficient (Wildman–Crippen LogP) is 3.54. The van der Waals surface area contributed by atoms with Gasteiger partial charge in [0.05, 0.1) is 0 Å². The van der Waals surface area contributed by atoms with Crippen molar-refractivity contribution in [3.05, 3.63) is 46.7 Å². The largest absolute Gasteiger partial charge is 0.380 e. The van der Waals surface area contributed by atoms with Crippen LogP contribution in [-0.2, 0) is 4.84 Å². The van der Waals surface area contributed by atoms with Gasteiger partial charge in [0.15, 0.2) is 5.84 Å². The van der Waals surface area contributed by atoms with Crippen LogP contribution in [0.3, 0.4) is 0 Å². The van der Waals surface area contributed by atoms with Gasteiger partial charge < -0.3 is 10.6 Å². The summed E-state index contributed by atoms with van der Waals surface area (Å²) >= 11 is 5.79. The number of hydrogen-bond acceptors (Lipinski definition) is 2. The zero-order chi connectivity index (χ0) is 12.8. The molecule has 0 aliphatic carbocycles. The number of allylic oxidation sites excluding steroid dienone is 2. The van der Waals surface area contributed by atoms with Crippen LogP contribution in [0.1, 0.15) is 26.3 Å². The summed E-state index contributed by atoms with van der Waals surface area (Å²) in [4.78, 5) is 5.29. The van der Waals surface area contributed by atoms with Gasteiger partial charge >= 0.3 is 0 Å². The second-order valence-corrected chi connectivity index (χ2v) is 4.36. The molecule has 92 valence electrons. The Hall–Kier alpha value is -1.48. The van der Waals surface area contributed by atoms with E-state index in [1.54, 1.807) is 24.3 Å². The number of nitrogens with two attached hydrogens (primary N) is 1. The van der Waals surface area contributed by atoms with Gasteiger partial charge in [-0.25, -0.2) is 0 Å². The van der Waals surface area contributed by atoms with Crippen molar-refractivity contribution < 1.29 is 4.84 Å². The van der Waals surface area contributed by atoms with Crippen molar-refractivity contribution in [3.8, 4) is 0 Å². The highest BCUT2D eigenvalue weighted by Gasteiger charge is 2.04. The summed E-state index contributed by atoms with van der Waals surface area (Å²) in [6, 6.07) is 7.13. The Morgan fingerprint density at radius 2 is 1.94 bits per heavy atom. The van der Waals surface area contributed by atoms with Crippen molar-refractivity contribution in [3.63, 3.8) is 0 Å². The van der Waals surface area contributed by atoms with Gasteiger partial charge in [-0.3, -0.25) is 0 Å². The van der Waals surface area contributed by atoms with Crippen molar-refractivity contribution >= 4 is 17.4 Å². The van der Waals surface area contributed by atoms with Gasteiger partial charge in [-0.05, 0) is 37.3 Å². The summed E-state index contributed by atoms with van der Waals surface area (Å²) in [5.41, 5.74) is 6.59. The summed E-state index contributed by atoms with van der Waals surface area (Å²) in [7, 11) is 0. The fourth-order valence-electron chi connectivity index (χ4n) is 1.27. The topological polar surface area (TPSA) is 47.6 Å². The number of benzene rings is 1. The third kappa shape index (κ3) is 4.11. The van der Waals surface area contributed by atoms with Crippen LogP contribution in [0.5, 0.6) is 0 Å². The highest BCUT2D eigenvalue weighted by Crippen LogP contribution is 2.12. The first-order valence-electron chi connectivity index (χ1n) is 5.47. The van der Waals surface area contributed by atoms with E-state index >= 15 is 0 Å². The lowest BCUT2D eigenvalue weighted by atomic mass is 10.2. The zero-order valence-electron chi connectivity index (χ0n) is 10.3. The zero-order valence-corrected chi connectivity index (χ0v) is 11.0. The maximum absolute atomic E-state index is 5.80. The molecule has 0 unspecified atom stereocenters. The molecule has 4 heteroatoms. The molecule has 0 aliphatic rings. The number of nitrogens with zero attached hydrogens (tertiary/aromatic N) is 1. The van der Waals surface area contributed by atoms with Gasteiger partial charge in [0.2, 0.25) is 0 Å². The van der Waals surface area contributed by atoms with E-state index in [9.17, 15) is 0 Å². The summed E-state index contributed by atoms with van der Waals surface area (Å²) in [5, 5.41) is 4.57. The number of oxime groups is 1. The summed E-state index contributed by atoms with van der Waals surface area (Å²) in [6.45, 7) is 5.97. The minimum atomic E-state index is 0.279. The van der Waals surface area contributed by atoms with Crippen LogP contribution in [0.25, 0.3) is 0 Å². The molecule has 0 bridgehead atoms. The number of halogens is 1. The van der Waals surface area contributed by atoms with Crippen LogP contribution in [0.4, 0.5) is 0 Å². The summed E-state index contributed by atoms with van der Waals surface area (Å²) in [6.07, 6.45) is 1.88. The molecule has 0 amide bonds. The molecule has 0 spiro atoms. The number of rotatable bonds is 4. The van der Waals surface area contributed by atoms with Crippen LogP contribution in [0.2, 0.25) is 5.02 Å². The normalized spacial score (nSPS) is 13.0. The molecule has 0 saturated heterocycles. The van der Waals surface area contributed by atoms with Crippen LogP contribution in [0, 0.1) is 5.92 Å². The SMILES string of the molecule is C/C=C(\O/N=C(\N)c1ccc(Cl)cc1)C(C)C. The van der Waals surface area contributed by atoms with Crippen LogP contribution < -0.4 is 5.73 Å². The average Bonchev–Trinajstić information content (AvgIpc) is 2.30. The molecule has 2 N–H and O–H groups in total. The monoisotopic (exact) mass is 252 g/mol. The van der Waals surface area contributed by atoms with Gasteiger partial charge in [-0.1, -0.05) is 30.6 Å². The molecule has 0 heterocycles. The van der Waals surface area contributed by atoms with E-state index in [0.717, 1.165) is 11.3 Å². The van der Waals surface area contributed by atoms with Crippen LogP contribution in [0.15, 0.2) is 41.3 Å². The molecule has 1 aromatic rings. The van der Waals surface area contributed by atoms with Crippen molar-refractivity contribution in [2.24, 2.45) is 16.8 Å². The Labute approximate surface area is 107 Å². The van der Waals surface area contributed by atoms with E-state index in [1.807, 2.05) is 26.8 Å². The average molecular weight is 253 g/mol. The fraction of sp³-hybridized carbons (Fsp3) is 0.308. The van der Waals surface area contributed by atoms with Crippen LogP contribution in [-0.4, -0.2) is 5.84 Å². The fourth-order valence-corrected chi connectivity index (χ4v) is 1.39. The molecule has 1 aromatic carbocycles. The second-order valence-electron chi connectivity index (χ2n) is 3.92. The van der Waals surface area contributed by atoms with E-state index in [2.05, 4.69) is 5.16 Å². The minimum absolute atomic E-state index is 0.279. The maximum Gasteiger partial charge on any atom is 0.170 e. The number of amidine groups is 1. The highest BCUT2D eigenvalue weighted by atomic mass is 35.5. The Balaban J connectivity index is 2.76. The van der Waals surface area contributed by atoms with Crippen LogP contribution >= 0.6 is 11.6 Å². The van der Waals surface area contributed by atoms with Gasteiger partial charge in [-0.2, -0.15) is 0 Å². The first kappa shape index (κ1) is 13.6. The van der Waals surface area contributed by atoms with Gasteiger partial charge in [0, 0.05) is 16.5 Å². The minimum Gasteiger partial charge on any atom is -0.380 e. The molecule has 0 aliphatic heterocycles. The van der Waals surface area contributed by atoms with Gasteiger partial charge in [0.1, 0.15) is 5.76 Å². The lowest BCUT2D eigenvalue weighted by Crippen LogP contribution is -2.14. The molecule has 0 aromatic heterocycles. The Morgan fingerprint density at radius 1 is 1.35 bits per heavy atom. The maximum atomic E-state index is 5.80. The van der Waals surface area contributed by atoms with E-state index in [-0.39, 0.29) is 5.92 Å². The Morgan fingerprint density at radius 3 is 2.41 bits per heavy atom. The van der Waals surface area contributed by atoms with Crippen molar-refractivity contribution in [1.82, 2.24) is 0 Å². The molecule has 0 saturated carbocycles. The van der Waals surface area contributed by atoms with E-state index in [0.29, 0.717) is 10.9 Å². The second kappa shape index (κ2) is 6.30. The highest BCUT2D eigenvalue weighted by molar-refractivity contribution is 6.30. The summed E-state index contributed by atoms with van der Waals surface area (Å²) in [5.74, 6) is 1.41. The smallest absolute Gasteiger partial charge is 0.170 e. The molecular formula is C13H17ClN2O. The summed E-state index contributed by atoms with van der Waals surface area (Å²) < 4.78 is 0. The first-order chi connectivity index (χ1) is 8.04. The van der Waals surface area contributed by atoms with E-state index in [1.165, 1.54) is 0 Å². The molecule has 1 rings (SSSR count). The van der Waals surface area contributed by atoms with Crippen molar-refractivity contribution in [1.29, 1.82) is 0 Å². The van der Waals surface area contributed by atoms with Crippen molar-refractivity contribution in [2.45, 2.75) is 20.8 Å². The number of hydrogen-bond donors (Lipinski definition) is 1. The quantitative estimate of drug-likeness (QED) is 0.386. The third-order valence-corrected chi connectivity index (χ3v) is 2.49.